The Hall–Kier alpha value is -1.78. The molecule has 0 saturated heterocycles. The van der Waals surface area contributed by atoms with Crippen molar-refractivity contribution in [3.8, 4) is 0 Å². The number of anilines is 1. The molecule has 3 rings (SSSR count). The molecule has 2 N–H and O–H groups in total. The van der Waals surface area contributed by atoms with Gasteiger partial charge in [-0.1, -0.05) is 51.9 Å². The van der Waals surface area contributed by atoms with Gasteiger partial charge in [-0.05, 0) is 12.1 Å². The molecule has 0 aliphatic rings. The number of benzene rings is 2. The maximum Gasteiger partial charge on any atom is 0.250 e. The number of carbonyl (C=O) groups is 1. The Balaban J connectivity index is 0. The predicted molar refractivity (Wildman–Crippen MR) is 112 cm³/mol. The summed E-state index contributed by atoms with van der Waals surface area (Å²) in [5.74, 6) is -0.434. The third-order valence-electron chi connectivity index (χ3n) is 3.00. The van der Waals surface area contributed by atoms with E-state index < -0.39 is 5.91 Å². The Labute approximate surface area is 187 Å². The van der Waals surface area contributed by atoms with E-state index in [4.69, 9.17) is 0 Å². The van der Waals surface area contributed by atoms with Gasteiger partial charge in [-0.25, -0.2) is 0 Å². The van der Waals surface area contributed by atoms with Gasteiger partial charge in [0, 0.05) is 49.8 Å². The van der Waals surface area contributed by atoms with Crippen LogP contribution < -0.4 is 10.7 Å². The van der Waals surface area contributed by atoms with Crippen LogP contribution in [0.5, 0.6) is 0 Å². The van der Waals surface area contributed by atoms with Crippen LogP contribution in [0.4, 0.5) is 5.69 Å². The van der Waals surface area contributed by atoms with E-state index in [-0.39, 0.29) is 51.1 Å². The van der Waals surface area contributed by atoms with Crippen LogP contribution in [0.3, 0.4) is 0 Å². The molecule has 1 aromatic heterocycles. The smallest absolute Gasteiger partial charge is 0.250 e. The molecular weight excluding hydrogens is 413 g/mol. The fourth-order valence-corrected chi connectivity index (χ4v) is 2.01. The summed E-state index contributed by atoms with van der Waals surface area (Å²) in [6, 6.07) is 16.8. The second kappa shape index (κ2) is 15.3. The van der Waals surface area contributed by atoms with E-state index >= 15 is 0 Å². The van der Waals surface area contributed by atoms with E-state index in [0.717, 1.165) is 0 Å². The van der Waals surface area contributed by atoms with Crippen LogP contribution in [0, 0.1) is 13.5 Å². The summed E-state index contributed by atoms with van der Waals surface area (Å²) in [6.45, 7) is 8.25. The molecular formula is C22H28N2O2Y-2. The van der Waals surface area contributed by atoms with E-state index in [1.165, 1.54) is 12.6 Å². The Kier molecular flexibility index (Phi) is 15.5. The average Bonchev–Trinajstić information content (AvgIpc) is 2.65. The first kappa shape index (κ1) is 27.4. The molecule has 1 amide bonds. The number of H-pyrrole nitrogens is 1. The Bertz CT molecular complexity index is 846. The SMILES string of the molecule is CC.CCC.O=C(Nc1c[c-]ccc1)c1c[nH]c2ccccc2c1=O.[CH3-].[Y]. The number of pyridine rings is 1. The summed E-state index contributed by atoms with van der Waals surface area (Å²) in [7, 11) is 0. The summed E-state index contributed by atoms with van der Waals surface area (Å²) >= 11 is 0. The Morgan fingerprint density at radius 3 is 2.33 bits per heavy atom. The van der Waals surface area contributed by atoms with Crippen molar-refractivity contribution < 1.29 is 37.5 Å². The van der Waals surface area contributed by atoms with E-state index in [1.807, 2.05) is 19.9 Å². The maximum absolute atomic E-state index is 12.3. The normalized spacial score (nSPS) is 8.59. The zero-order chi connectivity index (χ0) is 18.7. The second-order valence-electron chi connectivity index (χ2n) is 5.03. The molecule has 0 aliphatic carbocycles. The molecule has 0 bridgehead atoms. The zero-order valence-electron chi connectivity index (χ0n) is 16.8. The number of aromatic nitrogens is 1. The van der Waals surface area contributed by atoms with E-state index in [2.05, 4.69) is 30.2 Å². The number of para-hydroxylation sites is 1. The van der Waals surface area contributed by atoms with Gasteiger partial charge in [0.05, 0.1) is 0 Å². The molecule has 1 radical (unpaired) electrons. The van der Waals surface area contributed by atoms with Crippen LogP contribution in [0.1, 0.15) is 44.5 Å². The first-order valence-corrected chi connectivity index (χ1v) is 8.55. The van der Waals surface area contributed by atoms with Crippen LogP contribution in [0.15, 0.2) is 59.5 Å². The topological polar surface area (TPSA) is 62.0 Å². The molecule has 27 heavy (non-hydrogen) atoms. The molecule has 0 spiro atoms. The number of rotatable bonds is 2. The standard InChI is InChI=1S/C16H11N2O2.C3H8.C2H6.CH3.Y/c19-15-12-8-4-5-9-14(12)17-10-13(15)16(20)18-11-6-2-1-3-7-11;1-3-2;1-2;;/h1-2,4-10H,(H,17,19)(H,18,20);3H2,1-2H3;1-2H3;1H3;/q-1;;;-1;. The quantitative estimate of drug-likeness (QED) is 0.518. The van der Waals surface area contributed by atoms with E-state index in [0.29, 0.717) is 16.6 Å². The molecule has 3 aromatic rings. The van der Waals surface area contributed by atoms with Gasteiger partial charge in [-0.15, -0.1) is 6.07 Å². The molecule has 0 fully saturated rings. The van der Waals surface area contributed by atoms with Crippen molar-refractivity contribution in [2.75, 3.05) is 5.32 Å². The van der Waals surface area contributed by atoms with Gasteiger partial charge in [0.1, 0.15) is 5.56 Å². The van der Waals surface area contributed by atoms with Gasteiger partial charge in [-0.2, -0.15) is 24.3 Å². The minimum absolute atomic E-state index is 0. The minimum Gasteiger partial charge on any atom is -0.375 e. The Morgan fingerprint density at radius 1 is 1.11 bits per heavy atom. The molecule has 5 heteroatoms. The van der Waals surface area contributed by atoms with Crippen molar-refractivity contribution >= 4 is 22.5 Å². The second-order valence-corrected chi connectivity index (χ2v) is 5.03. The summed E-state index contributed by atoms with van der Waals surface area (Å²) in [4.78, 5) is 27.4. The Morgan fingerprint density at radius 2 is 1.74 bits per heavy atom. The molecule has 2 aromatic carbocycles. The number of aromatic amines is 1. The predicted octanol–water partition coefficient (Wildman–Crippen LogP) is 5.47. The van der Waals surface area contributed by atoms with Crippen molar-refractivity contribution in [3.05, 3.63) is 84.0 Å². The van der Waals surface area contributed by atoms with Crippen molar-refractivity contribution in [3.63, 3.8) is 0 Å². The summed E-state index contributed by atoms with van der Waals surface area (Å²) < 4.78 is 0. The van der Waals surface area contributed by atoms with Crippen molar-refractivity contribution in [1.82, 2.24) is 4.98 Å². The molecule has 0 unspecified atom stereocenters. The molecule has 0 aliphatic heterocycles. The van der Waals surface area contributed by atoms with Crippen LogP contribution in [0.2, 0.25) is 0 Å². The van der Waals surface area contributed by atoms with Crippen LogP contribution >= 0.6 is 0 Å². The number of hydrogen-bond acceptors (Lipinski definition) is 2. The van der Waals surface area contributed by atoms with Gasteiger partial charge in [0.25, 0.3) is 0 Å². The van der Waals surface area contributed by atoms with Crippen LogP contribution in [-0.2, 0) is 32.7 Å². The third-order valence-corrected chi connectivity index (χ3v) is 3.00. The van der Waals surface area contributed by atoms with Gasteiger partial charge in [0.2, 0.25) is 11.3 Å². The number of hydrogen-bond donors (Lipinski definition) is 2. The molecule has 0 atom stereocenters. The van der Waals surface area contributed by atoms with Gasteiger partial charge < -0.3 is 17.7 Å². The van der Waals surface area contributed by atoms with Gasteiger partial charge in [-0.3, -0.25) is 9.59 Å². The summed E-state index contributed by atoms with van der Waals surface area (Å²) in [6.07, 6.45) is 2.69. The first-order chi connectivity index (χ1) is 12.2. The van der Waals surface area contributed by atoms with Gasteiger partial charge in [0.15, 0.2) is 0 Å². The zero-order valence-corrected chi connectivity index (χ0v) is 19.6. The monoisotopic (exact) mass is 441 g/mol. The number of carbonyl (C=O) groups excluding carboxylic acids is 1. The van der Waals surface area contributed by atoms with Gasteiger partial charge >= 0.3 is 0 Å². The van der Waals surface area contributed by atoms with Crippen molar-refractivity contribution in [1.29, 1.82) is 0 Å². The molecule has 143 valence electrons. The van der Waals surface area contributed by atoms with E-state index in [9.17, 15) is 9.59 Å². The van der Waals surface area contributed by atoms with Crippen LogP contribution in [0.25, 0.3) is 10.9 Å². The number of amides is 1. The van der Waals surface area contributed by atoms with Crippen molar-refractivity contribution in [2.24, 2.45) is 0 Å². The largest absolute Gasteiger partial charge is 0.375 e. The maximum atomic E-state index is 12.3. The average molecular weight is 441 g/mol. The molecule has 0 saturated carbocycles. The number of fused-ring (bicyclic) bond motifs is 1. The first-order valence-electron chi connectivity index (χ1n) is 8.55. The minimum atomic E-state index is -0.434. The summed E-state index contributed by atoms with van der Waals surface area (Å²) in [5.41, 5.74) is 1.12. The van der Waals surface area contributed by atoms with Crippen LogP contribution in [-0.4, -0.2) is 10.9 Å². The number of nitrogens with one attached hydrogen (secondary N) is 2. The molecule has 4 nitrogen and oxygen atoms in total. The fourth-order valence-electron chi connectivity index (χ4n) is 2.01. The fraction of sp³-hybridized carbons (Fsp3) is 0.227. The summed E-state index contributed by atoms with van der Waals surface area (Å²) in [5, 5.41) is 3.17. The third kappa shape index (κ3) is 8.19. The van der Waals surface area contributed by atoms with Crippen molar-refractivity contribution in [2.45, 2.75) is 34.1 Å². The molecule has 1 heterocycles. The van der Waals surface area contributed by atoms with E-state index in [1.54, 1.807) is 42.5 Å².